The van der Waals surface area contributed by atoms with Crippen LogP contribution in [0.3, 0.4) is 0 Å². The molecule has 21 heavy (non-hydrogen) atoms. The molecule has 2 unspecified atom stereocenters. The zero-order valence-corrected chi connectivity index (χ0v) is 12.2. The third kappa shape index (κ3) is 4.04. The van der Waals surface area contributed by atoms with E-state index in [9.17, 15) is 9.59 Å². The van der Waals surface area contributed by atoms with Crippen LogP contribution < -0.4 is 5.32 Å². The smallest absolute Gasteiger partial charge is 0.305 e. The van der Waals surface area contributed by atoms with Gasteiger partial charge in [0.1, 0.15) is 0 Å². The van der Waals surface area contributed by atoms with Crippen LogP contribution in [0.15, 0.2) is 24.3 Å². The second kappa shape index (κ2) is 7.22. The molecule has 0 saturated carbocycles. The van der Waals surface area contributed by atoms with E-state index in [-0.39, 0.29) is 18.4 Å². The maximum Gasteiger partial charge on any atom is 0.305 e. The lowest BCUT2D eigenvalue weighted by atomic mass is 9.96. The van der Waals surface area contributed by atoms with Gasteiger partial charge in [0.2, 0.25) is 0 Å². The number of ether oxygens (including phenoxy) is 1. The Balaban J connectivity index is 2.08. The van der Waals surface area contributed by atoms with Gasteiger partial charge in [-0.2, -0.15) is 0 Å². The van der Waals surface area contributed by atoms with Gasteiger partial charge in [0.05, 0.1) is 13.0 Å². The van der Waals surface area contributed by atoms with Gasteiger partial charge in [0.25, 0.3) is 5.91 Å². The van der Waals surface area contributed by atoms with Gasteiger partial charge in [-0.3, -0.25) is 9.59 Å². The monoisotopic (exact) mass is 291 g/mol. The van der Waals surface area contributed by atoms with E-state index in [1.54, 1.807) is 0 Å². The van der Waals surface area contributed by atoms with Gasteiger partial charge in [-0.1, -0.05) is 37.6 Å². The Morgan fingerprint density at radius 2 is 2.19 bits per heavy atom. The van der Waals surface area contributed by atoms with Gasteiger partial charge in [0.15, 0.2) is 6.10 Å². The summed E-state index contributed by atoms with van der Waals surface area (Å²) in [6.07, 6.45) is 1.57. The van der Waals surface area contributed by atoms with E-state index in [1.165, 1.54) is 0 Å². The lowest BCUT2D eigenvalue weighted by Crippen LogP contribution is -2.41. The number of hydrogen-bond acceptors (Lipinski definition) is 3. The molecule has 1 aliphatic rings. The van der Waals surface area contributed by atoms with E-state index in [0.717, 1.165) is 24.0 Å². The highest BCUT2D eigenvalue weighted by Gasteiger charge is 2.28. The van der Waals surface area contributed by atoms with Crippen molar-refractivity contribution in [3.05, 3.63) is 35.4 Å². The average Bonchev–Trinajstić information content (AvgIpc) is 2.46. The van der Waals surface area contributed by atoms with Crippen molar-refractivity contribution in [3.8, 4) is 0 Å². The summed E-state index contributed by atoms with van der Waals surface area (Å²) in [5, 5.41) is 11.7. The van der Waals surface area contributed by atoms with Crippen LogP contribution >= 0.6 is 0 Å². The first-order valence-electron chi connectivity index (χ1n) is 7.33. The van der Waals surface area contributed by atoms with Crippen molar-refractivity contribution < 1.29 is 19.4 Å². The van der Waals surface area contributed by atoms with Crippen LogP contribution in [-0.2, 0) is 20.7 Å². The largest absolute Gasteiger partial charge is 0.481 e. The molecule has 0 spiro atoms. The number of fused-ring (bicyclic) bond motifs is 1. The molecule has 5 nitrogen and oxygen atoms in total. The molecule has 0 aliphatic carbocycles. The lowest BCUT2D eigenvalue weighted by Gasteiger charge is -2.27. The zero-order chi connectivity index (χ0) is 15.2. The minimum Gasteiger partial charge on any atom is -0.481 e. The molecule has 2 N–H and O–H groups in total. The maximum absolute atomic E-state index is 12.4. The van der Waals surface area contributed by atoms with Crippen LogP contribution in [-0.4, -0.2) is 29.6 Å². The molecule has 0 saturated heterocycles. The number of aliphatic carboxylic acids is 1. The first-order valence-corrected chi connectivity index (χ1v) is 7.33. The SMILES string of the molecule is CCCC(CC(=O)O)NC(=O)C1OCCc2ccccc21. The van der Waals surface area contributed by atoms with Crippen molar-refractivity contribution in [2.45, 2.75) is 44.8 Å². The standard InChI is InChI=1S/C16H21NO4/c1-2-5-12(10-14(18)19)17-16(20)15-13-7-4-3-6-11(13)8-9-21-15/h3-4,6-7,12,15H,2,5,8-10H2,1H3,(H,17,20)(H,18,19). The number of carboxylic acid groups (broad SMARTS) is 1. The Labute approximate surface area is 124 Å². The molecular formula is C16H21NO4. The molecule has 2 atom stereocenters. The fourth-order valence-corrected chi connectivity index (χ4v) is 2.67. The number of carbonyl (C=O) groups is 2. The van der Waals surface area contributed by atoms with Gasteiger partial charge >= 0.3 is 5.97 Å². The highest BCUT2D eigenvalue weighted by atomic mass is 16.5. The third-order valence-electron chi connectivity index (χ3n) is 3.64. The number of benzene rings is 1. The molecule has 0 aromatic heterocycles. The van der Waals surface area contributed by atoms with E-state index < -0.39 is 12.1 Å². The molecule has 5 heteroatoms. The van der Waals surface area contributed by atoms with Crippen LogP contribution in [0.4, 0.5) is 0 Å². The summed E-state index contributed by atoms with van der Waals surface area (Å²) in [6.45, 7) is 2.47. The Bertz CT molecular complexity index is 515. The Morgan fingerprint density at radius 1 is 1.43 bits per heavy atom. The topological polar surface area (TPSA) is 75.6 Å². The summed E-state index contributed by atoms with van der Waals surface area (Å²) in [5.74, 6) is -1.15. The molecule has 1 heterocycles. The fourth-order valence-electron chi connectivity index (χ4n) is 2.67. The second-order valence-corrected chi connectivity index (χ2v) is 5.29. The average molecular weight is 291 g/mol. The van der Waals surface area contributed by atoms with Crippen molar-refractivity contribution in [3.63, 3.8) is 0 Å². The van der Waals surface area contributed by atoms with Gasteiger partial charge in [0, 0.05) is 6.04 Å². The van der Waals surface area contributed by atoms with Crippen LogP contribution in [0.25, 0.3) is 0 Å². The Morgan fingerprint density at radius 3 is 2.90 bits per heavy atom. The first kappa shape index (κ1) is 15.5. The summed E-state index contributed by atoms with van der Waals surface area (Å²) in [5.41, 5.74) is 2.00. The molecular weight excluding hydrogens is 270 g/mol. The molecule has 1 aliphatic heterocycles. The molecule has 0 fully saturated rings. The summed E-state index contributed by atoms with van der Waals surface area (Å²) in [6, 6.07) is 7.37. The van der Waals surface area contributed by atoms with Crippen LogP contribution in [0.2, 0.25) is 0 Å². The van der Waals surface area contributed by atoms with Crippen molar-refractivity contribution in [1.82, 2.24) is 5.32 Å². The second-order valence-electron chi connectivity index (χ2n) is 5.29. The fraction of sp³-hybridized carbons (Fsp3) is 0.500. The van der Waals surface area contributed by atoms with Gasteiger partial charge < -0.3 is 15.2 Å². The van der Waals surface area contributed by atoms with Crippen molar-refractivity contribution in [2.24, 2.45) is 0 Å². The third-order valence-corrected chi connectivity index (χ3v) is 3.64. The van der Waals surface area contributed by atoms with Gasteiger partial charge in [-0.25, -0.2) is 0 Å². The normalized spacial score (nSPS) is 18.6. The Kier molecular flexibility index (Phi) is 5.33. The lowest BCUT2D eigenvalue weighted by molar-refractivity contribution is -0.139. The van der Waals surface area contributed by atoms with E-state index >= 15 is 0 Å². The highest BCUT2D eigenvalue weighted by molar-refractivity contribution is 5.83. The number of hydrogen-bond donors (Lipinski definition) is 2. The minimum absolute atomic E-state index is 0.0616. The quantitative estimate of drug-likeness (QED) is 0.841. The van der Waals surface area contributed by atoms with Crippen LogP contribution in [0.1, 0.15) is 43.4 Å². The molecule has 0 bridgehead atoms. The summed E-state index contributed by atoms with van der Waals surface area (Å²) in [7, 11) is 0. The van der Waals surface area contributed by atoms with Crippen molar-refractivity contribution in [1.29, 1.82) is 0 Å². The van der Waals surface area contributed by atoms with Gasteiger partial charge in [-0.15, -0.1) is 0 Å². The van der Waals surface area contributed by atoms with E-state index in [4.69, 9.17) is 9.84 Å². The molecule has 1 aromatic carbocycles. The van der Waals surface area contributed by atoms with Crippen LogP contribution in [0.5, 0.6) is 0 Å². The molecule has 2 rings (SSSR count). The molecule has 114 valence electrons. The van der Waals surface area contributed by atoms with Gasteiger partial charge in [-0.05, 0) is 24.0 Å². The number of nitrogens with one attached hydrogen (secondary N) is 1. The zero-order valence-electron chi connectivity index (χ0n) is 12.2. The van der Waals surface area contributed by atoms with Crippen LogP contribution in [0, 0.1) is 0 Å². The minimum atomic E-state index is -0.904. The maximum atomic E-state index is 12.4. The number of carbonyl (C=O) groups excluding carboxylic acids is 1. The van der Waals surface area contributed by atoms with E-state index in [0.29, 0.717) is 13.0 Å². The number of rotatable bonds is 6. The molecule has 1 amide bonds. The Hall–Kier alpha value is -1.88. The van der Waals surface area contributed by atoms with Crippen molar-refractivity contribution >= 4 is 11.9 Å². The summed E-state index contributed by atoms with van der Waals surface area (Å²) < 4.78 is 5.59. The predicted octanol–water partition coefficient (Wildman–Crippen LogP) is 2.06. The molecule has 0 radical (unpaired) electrons. The number of carboxylic acids is 1. The van der Waals surface area contributed by atoms with E-state index in [2.05, 4.69) is 5.32 Å². The predicted molar refractivity (Wildman–Crippen MR) is 77.9 cm³/mol. The summed E-state index contributed by atoms with van der Waals surface area (Å²) in [4.78, 5) is 23.3. The van der Waals surface area contributed by atoms with E-state index in [1.807, 2.05) is 31.2 Å². The van der Waals surface area contributed by atoms with Crippen molar-refractivity contribution in [2.75, 3.05) is 6.61 Å². The number of amides is 1. The first-order chi connectivity index (χ1) is 10.1. The summed E-state index contributed by atoms with van der Waals surface area (Å²) >= 11 is 0. The molecule has 1 aromatic rings. The highest BCUT2D eigenvalue weighted by Crippen LogP contribution is 2.27.